The Balaban J connectivity index is 2.60. The third-order valence-electron chi connectivity index (χ3n) is 1.84. The van der Waals surface area contributed by atoms with Crippen molar-refractivity contribution in [3.05, 3.63) is 0 Å². The zero-order valence-electron chi connectivity index (χ0n) is 6.66. The average molecular weight is 173 g/mol. The number of nitrogens with zero attached hydrogens (tertiary/aromatic N) is 1. The predicted molar refractivity (Wildman–Crippen MR) is 44.3 cm³/mol. The lowest BCUT2D eigenvalue weighted by molar-refractivity contribution is -0.137. The Morgan fingerprint density at radius 1 is 1.64 bits per heavy atom. The lowest BCUT2D eigenvalue weighted by atomic mass is 10.1. The number of imide groups is 1. The minimum atomic E-state index is -0.0671. The van der Waals surface area contributed by atoms with Crippen molar-refractivity contribution in [3.8, 4) is 0 Å². The van der Waals surface area contributed by atoms with E-state index in [2.05, 4.69) is 0 Å². The van der Waals surface area contributed by atoms with Crippen LogP contribution in [0.1, 0.15) is 6.42 Å². The van der Waals surface area contributed by atoms with Gasteiger partial charge in [-0.25, -0.2) is 0 Å². The maximum Gasteiger partial charge on any atom is 0.233 e. The Hall–Kier alpha value is -0.510. The standard InChI is InChI=1S/C7H11NO2S/c1-8-6(9)3-5(4-11-2)7(8)10/h5H,3-4H2,1-2H3. The highest BCUT2D eigenvalue weighted by atomic mass is 32.2. The monoisotopic (exact) mass is 173 g/mol. The molecule has 0 bridgehead atoms. The average Bonchev–Trinajstić information content (AvgIpc) is 2.19. The molecule has 0 spiro atoms. The van der Waals surface area contributed by atoms with E-state index < -0.39 is 0 Å². The fourth-order valence-corrected chi connectivity index (χ4v) is 1.83. The van der Waals surface area contributed by atoms with Crippen molar-refractivity contribution in [2.75, 3.05) is 19.1 Å². The summed E-state index contributed by atoms with van der Waals surface area (Å²) in [5.74, 6) is 0.621. The van der Waals surface area contributed by atoms with E-state index in [4.69, 9.17) is 0 Å². The lowest BCUT2D eigenvalue weighted by Crippen LogP contribution is -2.26. The number of amides is 2. The van der Waals surface area contributed by atoms with Crippen LogP contribution in [0.5, 0.6) is 0 Å². The SMILES string of the molecule is CSCC1CC(=O)N(C)C1=O. The van der Waals surface area contributed by atoms with Gasteiger partial charge < -0.3 is 0 Å². The molecule has 0 aromatic carbocycles. The van der Waals surface area contributed by atoms with Crippen LogP contribution in [0.3, 0.4) is 0 Å². The molecule has 1 heterocycles. The van der Waals surface area contributed by atoms with Crippen molar-refractivity contribution < 1.29 is 9.59 Å². The van der Waals surface area contributed by atoms with Crippen molar-refractivity contribution in [2.24, 2.45) is 5.92 Å². The Labute approximate surface area is 70.1 Å². The minimum Gasteiger partial charge on any atom is -0.285 e. The summed E-state index contributed by atoms with van der Waals surface area (Å²) in [6.07, 6.45) is 2.34. The van der Waals surface area contributed by atoms with E-state index in [-0.39, 0.29) is 17.7 Å². The number of rotatable bonds is 2. The van der Waals surface area contributed by atoms with Gasteiger partial charge in [0.1, 0.15) is 0 Å². The first-order valence-electron chi connectivity index (χ1n) is 3.46. The summed E-state index contributed by atoms with van der Waals surface area (Å²) in [5, 5.41) is 0. The van der Waals surface area contributed by atoms with Crippen LogP contribution in [-0.2, 0) is 9.59 Å². The molecule has 1 saturated heterocycles. The van der Waals surface area contributed by atoms with E-state index >= 15 is 0 Å². The van der Waals surface area contributed by atoms with Crippen molar-refractivity contribution in [1.29, 1.82) is 0 Å². The third kappa shape index (κ3) is 1.56. The minimum absolute atomic E-state index is 0.0237. The predicted octanol–water partition coefficient (Wildman–Crippen LogP) is 0.354. The number of carbonyl (C=O) groups is 2. The summed E-state index contributed by atoms with van der Waals surface area (Å²) in [6, 6.07) is 0. The summed E-state index contributed by atoms with van der Waals surface area (Å²) in [5.41, 5.74) is 0. The van der Waals surface area contributed by atoms with Gasteiger partial charge in [0.2, 0.25) is 11.8 Å². The molecule has 0 aliphatic carbocycles. The van der Waals surface area contributed by atoms with E-state index in [0.29, 0.717) is 6.42 Å². The third-order valence-corrected chi connectivity index (χ3v) is 2.58. The molecule has 1 aliphatic heterocycles. The van der Waals surface area contributed by atoms with Gasteiger partial charge in [-0.3, -0.25) is 14.5 Å². The molecule has 1 atom stereocenters. The highest BCUT2D eigenvalue weighted by Gasteiger charge is 2.35. The van der Waals surface area contributed by atoms with Gasteiger partial charge in [-0.2, -0.15) is 11.8 Å². The summed E-state index contributed by atoms with van der Waals surface area (Å²) in [4.78, 5) is 23.4. The number of hydrogen-bond donors (Lipinski definition) is 0. The topological polar surface area (TPSA) is 37.4 Å². The Morgan fingerprint density at radius 2 is 2.27 bits per heavy atom. The van der Waals surface area contributed by atoms with Gasteiger partial charge in [-0.1, -0.05) is 0 Å². The van der Waals surface area contributed by atoms with Crippen LogP contribution < -0.4 is 0 Å². The van der Waals surface area contributed by atoms with Gasteiger partial charge in [0, 0.05) is 19.2 Å². The van der Waals surface area contributed by atoms with E-state index in [1.807, 2.05) is 6.26 Å². The van der Waals surface area contributed by atoms with Gasteiger partial charge in [0.25, 0.3) is 0 Å². The number of hydrogen-bond acceptors (Lipinski definition) is 3. The van der Waals surface area contributed by atoms with Gasteiger partial charge in [-0.15, -0.1) is 0 Å². The molecule has 2 amide bonds. The van der Waals surface area contributed by atoms with Gasteiger partial charge in [-0.05, 0) is 6.26 Å². The summed E-state index contributed by atoms with van der Waals surface area (Å²) in [6.45, 7) is 0. The molecule has 0 saturated carbocycles. The van der Waals surface area contributed by atoms with Crippen LogP contribution in [0.25, 0.3) is 0 Å². The molecule has 1 unspecified atom stereocenters. The summed E-state index contributed by atoms with van der Waals surface area (Å²) < 4.78 is 0. The zero-order chi connectivity index (χ0) is 8.43. The molecule has 3 nitrogen and oxygen atoms in total. The summed E-state index contributed by atoms with van der Waals surface area (Å²) in [7, 11) is 1.55. The second kappa shape index (κ2) is 3.26. The van der Waals surface area contributed by atoms with Crippen molar-refractivity contribution >= 4 is 23.6 Å². The van der Waals surface area contributed by atoms with Crippen LogP contribution in [0.2, 0.25) is 0 Å². The van der Waals surface area contributed by atoms with Crippen LogP contribution >= 0.6 is 11.8 Å². The second-order valence-electron chi connectivity index (χ2n) is 2.65. The van der Waals surface area contributed by atoms with E-state index in [1.165, 1.54) is 4.90 Å². The normalized spacial score (nSPS) is 24.9. The molecule has 0 N–H and O–H groups in total. The zero-order valence-corrected chi connectivity index (χ0v) is 7.48. The molecule has 62 valence electrons. The molecule has 0 radical (unpaired) electrons. The van der Waals surface area contributed by atoms with Crippen molar-refractivity contribution in [1.82, 2.24) is 4.90 Å². The number of likely N-dealkylation sites (tertiary alicyclic amines) is 1. The van der Waals surface area contributed by atoms with Crippen molar-refractivity contribution in [3.63, 3.8) is 0 Å². The Kier molecular flexibility index (Phi) is 2.54. The van der Waals surface area contributed by atoms with Crippen LogP contribution in [-0.4, -0.2) is 35.8 Å². The maximum atomic E-state index is 11.2. The molecular weight excluding hydrogens is 162 g/mol. The molecule has 1 rings (SSSR count). The quantitative estimate of drug-likeness (QED) is 0.566. The first-order valence-corrected chi connectivity index (χ1v) is 4.85. The molecule has 0 aromatic heterocycles. The largest absolute Gasteiger partial charge is 0.285 e. The Bertz CT molecular complexity index is 193. The molecule has 4 heteroatoms. The first kappa shape index (κ1) is 8.59. The first-order chi connectivity index (χ1) is 5.16. The van der Waals surface area contributed by atoms with Gasteiger partial charge in [0.05, 0.1) is 5.92 Å². The molecular formula is C7H11NO2S. The van der Waals surface area contributed by atoms with Crippen LogP contribution in [0.15, 0.2) is 0 Å². The summed E-state index contributed by atoms with van der Waals surface area (Å²) >= 11 is 1.61. The van der Waals surface area contributed by atoms with Gasteiger partial charge in [0.15, 0.2) is 0 Å². The number of carbonyl (C=O) groups excluding carboxylic acids is 2. The highest BCUT2D eigenvalue weighted by Crippen LogP contribution is 2.20. The molecule has 1 fully saturated rings. The molecule has 0 aromatic rings. The molecule has 1 aliphatic rings. The maximum absolute atomic E-state index is 11.2. The van der Waals surface area contributed by atoms with E-state index in [9.17, 15) is 9.59 Å². The van der Waals surface area contributed by atoms with E-state index in [1.54, 1.807) is 18.8 Å². The number of thioether (sulfide) groups is 1. The fraction of sp³-hybridized carbons (Fsp3) is 0.714. The van der Waals surface area contributed by atoms with Crippen LogP contribution in [0.4, 0.5) is 0 Å². The fourth-order valence-electron chi connectivity index (χ4n) is 1.16. The smallest absolute Gasteiger partial charge is 0.233 e. The van der Waals surface area contributed by atoms with Crippen LogP contribution in [0, 0.1) is 5.92 Å². The molecule has 11 heavy (non-hydrogen) atoms. The Morgan fingerprint density at radius 3 is 2.64 bits per heavy atom. The van der Waals surface area contributed by atoms with Gasteiger partial charge >= 0.3 is 0 Å². The van der Waals surface area contributed by atoms with E-state index in [0.717, 1.165) is 5.75 Å². The highest BCUT2D eigenvalue weighted by molar-refractivity contribution is 7.98. The second-order valence-corrected chi connectivity index (χ2v) is 3.56. The van der Waals surface area contributed by atoms with Crippen molar-refractivity contribution in [2.45, 2.75) is 6.42 Å². The lowest BCUT2D eigenvalue weighted by Gasteiger charge is -2.06.